The average Bonchev–Trinajstić information content (AvgIpc) is 3.98. The number of benzene rings is 1. The van der Waals surface area contributed by atoms with Gasteiger partial charge in [-0.05, 0) is 179 Å². The van der Waals surface area contributed by atoms with E-state index in [0.29, 0.717) is 75.3 Å². The van der Waals surface area contributed by atoms with Gasteiger partial charge in [0.15, 0.2) is 0 Å². The molecule has 1 aromatic rings. The molecule has 77 heavy (non-hydrogen) atoms. The Morgan fingerprint density at radius 1 is 0.610 bits per heavy atom. The van der Waals surface area contributed by atoms with Crippen LogP contribution >= 0.6 is 0 Å². The van der Waals surface area contributed by atoms with E-state index in [9.17, 15) is 24.6 Å². The molecule has 0 radical (unpaired) electrons. The number of hydrogen-bond donors (Lipinski definition) is 2. The molecule has 0 bridgehead atoms. The number of methoxy groups -OCH3 is 1. The first-order chi connectivity index (χ1) is 36.7. The minimum atomic E-state index is -0.856. The predicted molar refractivity (Wildman–Crippen MR) is 293 cm³/mol. The fourth-order valence-electron chi connectivity index (χ4n) is 15.8. The van der Waals surface area contributed by atoms with Crippen molar-refractivity contribution in [2.75, 3.05) is 66.4 Å². The smallest absolute Gasteiger partial charge is 0.410 e. The van der Waals surface area contributed by atoms with Crippen molar-refractivity contribution in [3.8, 4) is 0 Å². The van der Waals surface area contributed by atoms with Crippen LogP contribution in [0.5, 0.6) is 0 Å². The van der Waals surface area contributed by atoms with Crippen LogP contribution in [0.3, 0.4) is 0 Å². The van der Waals surface area contributed by atoms with Gasteiger partial charge in [0.25, 0.3) is 0 Å². The summed E-state index contributed by atoms with van der Waals surface area (Å²) in [6, 6.07) is 8.82. The maximum Gasteiger partial charge on any atom is 0.410 e. The van der Waals surface area contributed by atoms with Gasteiger partial charge in [0.1, 0.15) is 31.0 Å². The molecule has 1 aromatic carbocycles. The van der Waals surface area contributed by atoms with Crippen LogP contribution in [0.2, 0.25) is 0 Å². The van der Waals surface area contributed by atoms with Crippen molar-refractivity contribution in [2.24, 2.45) is 45.3 Å². The third-order valence-corrected chi connectivity index (χ3v) is 20.1. The molecule has 15 heteroatoms. The van der Waals surface area contributed by atoms with Gasteiger partial charge in [-0.3, -0.25) is 0 Å². The molecular weight excluding hydrogens is 981 g/mol. The summed E-state index contributed by atoms with van der Waals surface area (Å²) >= 11 is 0. The van der Waals surface area contributed by atoms with Gasteiger partial charge < -0.3 is 57.9 Å². The number of esters is 1. The minimum Gasteiger partial charge on any atom is -0.459 e. The Hall–Kier alpha value is -3.05. The van der Waals surface area contributed by atoms with E-state index in [1.807, 2.05) is 15.9 Å². The van der Waals surface area contributed by atoms with Gasteiger partial charge in [-0.15, -0.1) is 0 Å². The van der Waals surface area contributed by atoms with Gasteiger partial charge >= 0.3 is 18.2 Å². The first kappa shape index (κ1) is 60.1. The molecule has 2 saturated heterocycles. The maximum atomic E-state index is 13.6. The molecule has 0 aromatic heterocycles. The molecule has 8 rings (SSSR count). The Morgan fingerprint density at radius 3 is 1.53 bits per heavy atom. The molecule has 6 atom stereocenters. The Labute approximate surface area is 461 Å². The van der Waals surface area contributed by atoms with Crippen LogP contribution in [0.1, 0.15) is 181 Å². The molecule has 2 aliphatic heterocycles. The van der Waals surface area contributed by atoms with E-state index in [2.05, 4.69) is 48.5 Å². The Bertz CT molecular complexity index is 2000. The van der Waals surface area contributed by atoms with E-state index in [1.165, 1.54) is 0 Å². The Morgan fingerprint density at radius 2 is 1.05 bits per heavy atom. The van der Waals surface area contributed by atoms with Gasteiger partial charge in [-0.2, -0.15) is 0 Å². The molecule has 2 heterocycles. The van der Waals surface area contributed by atoms with Crippen LogP contribution in [0.25, 0.3) is 0 Å². The van der Waals surface area contributed by atoms with E-state index in [4.69, 9.17) is 37.9 Å². The second-order valence-corrected chi connectivity index (χ2v) is 27.4. The highest BCUT2D eigenvalue weighted by Crippen LogP contribution is 2.52. The van der Waals surface area contributed by atoms with Crippen LogP contribution in [-0.2, 0) is 37.9 Å². The third kappa shape index (κ3) is 16.3. The summed E-state index contributed by atoms with van der Waals surface area (Å²) in [5.74, 6) is 2.10. The van der Waals surface area contributed by atoms with Gasteiger partial charge in [-0.1, -0.05) is 66.7 Å². The summed E-state index contributed by atoms with van der Waals surface area (Å²) in [7, 11) is 1.60. The summed E-state index contributed by atoms with van der Waals surface area (Å²) < 4.78 is 47.4. The van der Waals surface area contributed by atoms with E-state index in [0.717, 1.165) is 122 Å². The molecule has 5 aliphatic carbocycles. The second kappa shape index (κ2) is 26.7. The zero-order chi connectivity index (χ0) is 55.0. The normalized spacial score (nSPS) is 34.1. The second-order valence-electron chi connectivity index (χ2n) is 27.4. The molecular formula is C62H100N2O13. The fraction of sp³-hybridized carbons (Fsp3) is 0.855. The fourth-order valence-corrected chi connectivity index (χ4v) is 15.8. The summed E-state index contributed by atoms with van der Waals surface area (Å²) in [5, 5.41) is 20.5. The van der Waals surface area contributed by atoms with E-state index in [1.54, 1.807) is 31.4 Å². The molecule has 7 aliphatic rings. The molecule has 0 spiro atoms. The van der Waals surface area contributed by atoms with Crippen molar-refractivity contribution < 1.29 is 62.5 Å². The highest BCUT2D eigenvalue weighted by atomic mass is 16.6. The number of cyclic esters (lactones) is 2. The van der Waals surface area contributed by atoms with Crippen molar-refractivity contribution in [2.45, 2.75) is 225 Å². The zero-order valence-corrected chi connectivity index (χ0v) is 48.5. The summed E-state index contributed by atoms with van der Waals surface area (Å²) in [5.41, 5.74) is 0.687. The first-order valence-corrected chi connectivity index (χ1v) is 30.1. The van der Waals surface area contributed by atoms with Crippen molar-refractivity contribution in [1.82, 2.24) is 9.80 Å². The van der Waals surface area contributed by atoms with Crippen molar-refractivity contribution >= 4 is 18.2 Å². The van der Waals surface area contributed by atoms with Crippen molar-refractivity contribution in [3.05, 3.63) is 35.9 Å². The van der Waals surface area contributed by atoms with E-state index >= 15 is 0 Å². The molecule has 2 N–H and O–H groups in total. The summed E-state index contributed by atoms with van der Waals surface area (Å²) in [4.78, 5) is 43.1. The molecule has 5 saturated carbocycles. The van der Waals surface area contributed by atoms with Crippen LogP contribution in [0, 0.1) is 45.3 Å². The number of amides is 2. The number of hydrogen-bond acceptors (Lipinski definition) is 13. The monoisotopic (exact) mass is 1080 g/mol. The quantitative estimate of drug-likeness (QED) is 0.0741. The standard InChI is InChI=1S/C62H100N2O13/c1-59(2)30-47(64-33-55(77-58(64)69)39-74-53-28-20-46(21-29-53)60(3,4)43-14-22-50(23-15-43)71-35-48(65)34-70-8)31-62(7,40-59)41-63-32-54(76-57(63)68)38-73-52-26-18-45(19-27-52)61(5,6)44-16-24-51(25-17-44)72-36-49(66)37-75-56(67)42-12-10-9-11-13-42/h9-13,43-55,65-66H,14-41H2,1-8H3. The van der Waals surface area contributed by atoms with Crippen LogP contribution in [0.4, 0.5) is 9.59 Å². The molecule has 436 valence electrons. The summed E-state index contributed by atoms with van der Waals surface area (Å²) in [6.45, 7) is 19.8. The zero-order valence-electron chi connectivity index (χ0n) is 48.5. The number of ether oxygens (including phenoxy) is 8. The topological polar surface area (TPSA) is 172 Å². The lowest BCUT2D eigenvalue weighted by Gasteiger charge is -2.49. The molecule has 2 amide bonds. The molecule has 7 fully saturated rings. The lowest BCUT2D eigenvalue weighted by Crippen LogP contribution is -2.51. The van der Waals surface area contributed by atoms with Crippen LogP contribution in [0.15, 0.2) is 30.3 Å². The van der Waals surface area contributed by atoms with E-state index < -0.39 is 18.2 Å². The maximum absolute atomic E-state index is 13.6. The Kier molecular flexibility index (Phi) is 20.8. The van der Waals surface area contributed by atoms with Gasteiger partial charge in [0, 0.05) is 19.7 Å². The van der Waals surface area contributed by atoms with Crippen LogP contribution < -0.4 is 0 Å². The third-order valence-electron chi connectivity index (χ3n) is 20.1. The minimum absolute atomic E-state index is 0.0150. The Balaban J connectivity index is 0.705. The van der Waals surface area contributed by atoms with Gasteiger partial charge in [0.05, 0.1) is 76.1 Å². The predicted octanol–water partition coefficient (Wildman–Crippen LogP) is 10.8. The van der Waals surface area contributed by atoms with Crippen LogP contribution in [-0.4, -0.2) is 159 Å². The largest absolute Gasteiger partial charge is 0.459 e. The highest BCUT2D eigenvalue weighted by molar-refractivity contribution is 5.89. The van der Waals surface area contributed by atoms with Gasteiger partial charge in [-0.25, -0.2) is 14.4 Å². The van der Waals surface area contributed by atoms with Gasteiger partial charge in [0.2, 0.25) is 0 Å². The number of rotatable bonds is 24. The number of aliphatic hydroxyl groups excluding tert-OH is 2. The summed E-state index contributed by atoms with van der Waals surface area (Å²) in [6.07, 6.45) is 17.9. The first-order valence-electron chi connectivity index (χ1n) is 30.1. The van der Waals surface area contributed by atoms with Crippen molar-refractivity contribution in [1.29, 1.82) is 0 Å². The van der Waals surface area contributed by atoms with Crippen molar-refractivity contribution in [3.63, 3.8) is 0 Å². The lowest BCUT2D eigenvalue weighted by atomic mass is 9.60. The molecule has 6 unspecified atom stereocenters. The highest BCUT2D eigenvalue weighted by Gasteiger charge is 2.50. The number of aliphatic hydroxyl groups is 2. The van der Waals surface area contributed by atoms with E-state index in [-0.39, 0.29) is 89.7 Å². The number of carbonyl (C=O) groups excluding carboxylic acids is 3. The lowest BCUT2D eigenvalue weighted by molar-refractivity contribution is -0.0664. The number of nitrogens with zero attached hydrogens (tertiary/aromatic N) is 2. The number of carbonyl (C=O) groups is 3. The average molecular weight is 1080 g/mol. The molecule has 15 nitrogen and oxygen atoms in total. The SMILES string of the molecule is COCC(O)COC1CCC(C(C)(C)C2CCC(OCC3CN(C4CC(C)(C)CC(C)(CN5CC(COC6CCC(C(C)(C)C7CCC(OCC(O)COC(=O)c8ccccc8)CC7)CC6)OC5=O)C4)C(=O)O3)CC2)CC1.